The topological polar surface area (TPSA) is 6.48 Å². The smallest absolute Gasteiger partial charge is 0.0216 e. The molecule has 0 aliphatic carbocycles. The molecule has 0 bridgehead atoms. The summed E-state index contributed by atoms with van der Waals surface area (Å²) in [6, 6.07) is 0.722. The molecule has 0 N–H and O–H groups in total. The summed E-state index contributed by atoms with van der Waals surface area (Å²) < 4.78 is 0. The van der Waals surface area contributed by atoms with E-state index in [1.54, 1.807) is 0 Å². The molecule has 0 aliphatic rings. The van der Waals surface area contributed by atoms with Crippen molar-refractivity contribution in [3.8, 4) is 0 Å². The van der Waals surface area contributed by atoms with Gasteiger partial charge in [0.25, 0.3) is 0 Å². The molecule has 2 nitrogen and oxygen atoms in total. The first-order chi connectivity index (χ1) is 6.57. The lowest BCUT2D eigenvalue weighted by Crippen LogP contribution is -2.37. The lowest BCUT2D eigenvalue weighted by atomic mass is 10.1. The van der Waals surface area contributed by atoms with Crippen LogP contribution < -0.4 is 0 Å². The van der Waals surface area contributed by atoms with Gasteiger partial charge >= 0.3 is 0 Å². The molecule has 2 heteroatoms. The van der Waals surface area contributed by atoms with E-state index in [0.717, 1.165) is 6.04 Å². The number of unbranched alkanes of at least 4 members (excludes halogenated alkanes) is 1. The summed E-state index contributed by atoms with van der Waals surface area (Å²) in [5.41, 5.74) is 0. The van der Waals surface area contributed by atoms with Crippen LogP contribution in [0.4, 0.5) is 0 Å². The average Bonchev–Trinajstić information content (AvgIpc) is 2.14. The molecule has 0 saturated heterocycles. The predicted octanol–water partition coefficient (Wildman–Crippen LogP) is 2.69. The maximum atomic E-state index is 2.33. The monoisotopic (exact) mass is 202 g/mol. The van der Waals surface area contributed by atoms with Crippen LogP contribution in [0.15, 0.2) is 0 Å². The second-order valence-electron chi connectivity index (χ2n) is 4.02. The standard InChI is InChI=1S/C10H24N2.C2H6/c1-6-7-8-10(12(4)5)9-11(2)3;1-2/h10H,6-9H2,1-5H3;1-2H3/t10-;/m1./s1. The Hall–Kier alpha value is -0.0800. The van der Waals surface area contributed by atoms with Gasteiger partial charge in [-0.1, -0.05) is 33.6 Å². The lowest BCUT2D eigenvalue weighted by molar-refractivity contribution is 0.214. The van der Waals surface area contributed by atoms with E-state index in [1.165, 1.54) is 25.8 Å². The first-order valence-electron chi connectivity index (χ1n) is 5.89. The van der Waals surface area contributed by atoms with Crippen LogP contribution in [0.1, 0.15) is 40.0 Å². The normalized spacial score (nSPS) is 12.6. The molecule has 0 aromatic carbocycles. The van der Waals surface area contributed by atoms with E-state index in [9.17, 15) is 0 Å². The molecular formula is C12H30N2. The van der Waals surface area contributed by atoms with Crippen LogP contribution in [-0.4, -0.2) is 50.6 Å². The highest BCUT2D eigenvalue weighted by molar-refractivity contribution is 4.68. The number of rotatable bonds is 6. The Morgan fingerprint density at radius 3 is 1.79 bits per heavy atom. The first-order valence-corrected chi connectivity index (χ1v) is 5.89. The largest absolute Gasteiger partial charge is 0.308 e. The molecule has 0 aliphatic heterocycles. The summed E-state index contributed by atoms with van der Waals surface area (Å²) in [5, 5.41) is 0. The third-order valence-electron chi connectivity index (χ3n) is 2.20. The van der Waals surface area contributed by atoms with Crippen LogP contribution >= 0.6 is 0 Å². The predicted molar refractivity (Wildman–Crippen MR) is 66.9 cm³/mol. The van der Waals surface area contributed by atoms with E-state index in [0.29, 0.717) is 0 Å². The summed E-state index contributed by atoms with van der Waals surface area (Å²) in [7, 11) is 8.62. The summed E-state index contributed by atoms with van der Waals surface area (Å²) >= 11 is 0. The van der Waals surface area contributed by atoms with Gasteiger partial charge in [-0.25, -0.2) is 0 Å². The molecule has 0 spiro atoms. The van der Waals surface area contributed by atoms with E-state index in [4.69, 9.17) is 0 Å². The second-order valence-corrected chi connectivity index (χ2v) is 4.02. The summed E-state index contributed by atoms with van der Waals surface area (Å²) in [4.78, 5) is 4.59. The molecule has 0 aromatic heterocycles. The van der Waals surface area contributed by atoms with Gasteiger partial charge in [0.15, 0.2) is 0 Å². The number of nitrogens with zero attached hydrogens (tertiary/aromatic N) is 2. The third-order valence-corrected chi connectivity index (χ3v) is 2.20. The fraction of sp³-hybridized carbons (Fsp3) is 1.00. The minimum atomic E-state index is 0.722. The number of likely N-dealkylation sites (N-methyl/N-ethyl adjacent to an activating group) is 2. The molecule has 0 saturated carbocycles. The highest BCUT2D eigenvalue weighted by atomic mass is 15.2. The maximum Gasteiger partial charge on any atom is 0.0216 e. The van der Waals surface area contributed by atoms with Crippen LogP contribution in [0.25, 0.3) is 0 Å². The van der Waals surface area contributed by atoms with E-state index < -0.39 is 0 Å². The second kappa shape index (κ2) is 11.0. The van der Waals surface area contributed by atoms with Crippen LogP contribution in [0, 0.1) is 0 Å². The molecule has 0 fully saturated rings. The van der Waals surface area contributed by atoms with Crippen molar-refractivity contribution in [2.75, 3.05) is 34.7 Å². The highest BCUT2D eigenvalue weighted by Crippen LogP contribution is 2.06. The summed E-state index contributed by atoms with van der Waals surface area (Å²) in [6.45, 7) is 7.43. The summed E-state index contributed by atoms with van der Waals surface area (Å²) in [5.74, 6) is 0. The minimum absolute atomic E-state index is 0.722. The molecule has 0 heterocycles. The number of hydrogen-bond acceptors (Lipinski definition) is 2. The Kier molecular flexibility index (Phi) is 12.8. The Morgan fingerprint density at radius 1 is 1.00 bits per heavy atom. The van der Waals surface area contributed by atoms with Crippen molar-refractivity contribution in [2.45, 2.75) is 46.1 Å². The van der Waals surface area contributed by atoms with Crippen LogP contribution in [0.5, 0.6) is 0 Å². The molecule has 0 unspecified atom stereocenters. The zero-order chi connectivity index (χ0) is 11.6. The fourth-order valence-corrected chi connectivity index (χ4v) is 1.37. The fourth-order valence-electron chi connectivity index (χ4n) is 1.37. The SMILES string of the molecule is CC.CCCC[C@H](CN(C)C)N(C)C. The van der Waals surface area contributed by atoms with Gasteiger partial charge in [0.05, 0.1) is 0 Å². The van der Waals surface area contributed by atoms with Crippen molar-refractivity contribution >= 4 is 0 Å². The first kappa shape index (κ1) is 16.4. The third kappa shape index (κ3) is 10.0. The van der Waals surface area contributed by atoms with E-state index in [1.807, 2.05) is 13.8 Å². The highest BCUT2D eigenvalue weighted by Gasteiger charge is 2.10. The van der Waals surface area contributed by atoms with Gasteiger partial charge < -0.3 is 9.80 Å². The van der Waals surface area contributed by atoms with Gasteiger partial charge in [0.1, 0.15) is 0 Å². The zero-order valence-electron chi connectivity index (χ0n) is 11.3. The van der Waals surface area contributed by atoms with Gasteiger partial charge in [-0.3, -0.25) is 0 Å². The van der Waals surface area contributed by atoms with Gasteiger partial charge in [0.2, 0.25) is 0 Å². The molecule has 1 atom stereocenters. The van der Waals surface area contributed by atoms with Crippen molar-refractivity contribution in [1.82, 2.24) is 9.80 Å². The van der Waals surface area contributed by atoms with Gasteiger partial charge in [-0.05, 0) is 34.6 Å². The Balaban J connectivity index is 0. The van der Waals surface area contributed by atoms with E-state index in [2.05, 4.69) is 44.9 Å². The van der Waals surface area contributed by atoms with Crippen molar-refractivity contribution in [1.29, 1.82) is 0 Å². The molecular weight excluding hydrogens is 172 g/mol. The average molecular weight is 202 g/mol. The van der Waals surface area contributed by atoms with Crippen molar-refractivity contribution in [3.05, 3.63) is 0 Å². The molecule has 14 heavy (non-hydrogen) atoms. The van der Waals surface area contributed by atoms with Crippen LogP contribution in [0.3, 0.4) is 0 Å². The van der Waals surface area contributed by atoms with Gasteiger partial charge in [0, 0.05) is 12.6 Å². The van der Waals surface area contributed by atoms with Crippen LogP contribution in [0.2, 0.25) is 0 Å². The van der Waals surface area contributed by atoms with Gasteiger partial charge in [-0.2, -0.15) is 0 Å². The maximum absolute atomic E-state index is 2.33. The van der Waals surface area contributed by atoms with Crippen molar-refractivity contribution < 1.29 is 0 Å². The van der Waals surface area contributed by atoms with Gasteiger partial charge in [-0.15, -0.1) is 0 Å². The zero-order valence-corrected chi connectivity index (χ0v) is 11.3. The van der Waals surface area contributed by atoms with E-state index >= 15 is 0 Å². The lowest BCUT2D eigenvalue weighted by Gasteiger charge is -2.27. The van der Waals surface area contributed by atoms with Crippen molar-refractivity contribution in [3.63, 3.8) is 0 Å². The van der Waals surface area contributed by atoms with E-state index in [-0.39, 0.29) is 0 Å². The summed E-state index contributed by atoms with van der Waals surface area (Å²) in [6.07, 6.45) is 3.97. The molecule has 0 amide bonds. The quantitative estimate of drug-likeness (QED) is 0.653. The molecule has 88 valence electrons. The Bertz CT molecular complexity index is 100. The van der Waals surface area contributed by atoms with Crippen LogP contribution in [-0.2, 0) is 0 Å². The Labute approximate surface area is 91.3 Å². The minimum Gasteiger partial charge on any atom is -0.308 e. The van der Waals surface area contributed by atoms with Crippen molar-refractivity contribution in [2.24, 2.45) is 0 Å². The molecule has 0 aromatic rings. The molecule has 0 rings (SSSR count). The molecule has 0 radical (unpaired) electrons. The number of hydrogen-bond donors (Lipinski definition) is 0. The Morgan fingerprint density at radius 2 is 1.50 bits per heavy atom.